The molecule has 1 fully saturated rings. The van der Waals surface area contributed by atoms with Gasteiger partial charge in [-0.15, -0.1) is 0 Å². The lowest BCUT2D eigenvalue weighted by molar-refractivity contribution is 0.318. The summed E-state index contributed by atoms with van der Waals surface area (Å²) in [4.78, 5) is 0. The van der Waals surface area contributed by atoms with Crippen molar-refractivity contribution < 1.29 is 4.74 Å². The average Bonchev–Trinajstić information content (AvgIpc) is 2.43. The molecular weight excluding hydrogens is 314 g/mol. The van der Waals surface area contributed by atoms with Gasteiger partial charge < -0.3 is 10.1 Å². The lowest BCUT2D eigenvalue weighted by atomic mass is 9.83. The molecule has 0 unspecified atom stereocenters. The minimum absolute atomic E-state index is 0.594. The average molecular weight is 340 g/mol. The van der Waals surface area contributed by atoms with Gasteiger partial charge in [-0.25, -0.2) is 0 Å². The number of aryl methyl sites for hydroxylation is 1. The van der Waals surface area contributed by atoms with Gasteiger partial charge >= 0.3 is 0 Å². The normalized spacial score (nSPS) is 22.6. The molecule has 1 aromatic rings. The van der Waals surface area contributed by atoms with Gasteiger partial charge in [-0.3, -0.25) is 0 Å². The van der Waals surface area contributed by atoms with E-state index in [0.717, 1.165) is 21.8 Å². The molecule has 3 heteroatoms. The first kappa shape index (κ1) is 15.7. The van der Waals surface area contributed by atoms with Crippen LogP contribution in [0.5, 0.6) is 5.75 Å². The molecule has 0 amide bonds. The molecule has 112 valence electrons. The van der Waals surface area contributed by atoms with Crippen LogP contribution in [0.4, 0.5) is 5.69 Å². The fourth-order valence-electron chi connectivity index (χ4n) is 3.27. The van der Waals surface area contributed by atoms with Gasteiger partial charge in [0, 0.05) is 10.5 Å². The molecule has 1 saturated carbocycles. The van der Waals surface area contributed by atoms with Crippen molar-refractivity contribution in [1.29, 1.82) is 0 Å². The quantitative estimate of drug-likeness (QED) is 0.760. The summed E-state index contributed by atoms with van der Waals surface area (Å²) >= 11 is 3.53. The Labute approximate surface area is 131 Å². The molecule has 1 aliphatic rings. The fourth-order valence-corrected chi connectivity index (χ4v) is 3.82. The summed E-state index contributed by atoms with van der Waals surface area (Å²) in [6.07, 6.45) is 8.01. The van der Waals surface area contributed by atoms with Gasteiger partial charge in [0.1, 0.15) is 5.75 Å². The Morgan fingerprint density at radius 1 is 1.25 bits per heavy atom. The van der Waals surface area contributed by atoms with E-state index in [4.69, 9.17) is 4.74 Å². The van der Waals surface area contributed by atoms with Crippen molar-refractivity contribution in [3.8, 4) is 5.75 Å². The first-order valence-corrected chi connectivity index (χ1v) is 8.54. The van der Waals surface area contributed by atoms with Crippen LogP contribution in [0.3, 0.4) is 0 Å². The summed E-state index contributed by atoms with van der Waals surface area (Å²) in [5.74, 6) is 1.89. The fraction of sp³-hybridized carbons (Fsp3) is 0.647. The number of halogens is 1. The van der Waals surface area contributed by atoms with Crippen molar-refractivity contribution in [2.45, 2.75) is 58.4 Å². The van der Waals surface area contributed by atoms with Crippen molar-refractivity contribution >= 4 is 21.6 Å². The molecule has 0 saturated heterocycles. The highest BCUT2D eigenvalue weighted by Gasteiger charge is 2.21. The number of nitrogens with one attached hydrogen (secondary N) is 1. The number of rotatable bonds is 5. The van der Waals surface area contributed by atoms with Crippen LogP contribution in [-0.4, -0.2) is 13.2 Å². The van der Waals surface area contributed by atoms with Crippen molar-refractivity contribution in [3.05, 3.63) is 22.2 Å². The molecule has 0 radical (unpaired) electrons. The summed E-state index contributed by atoms with van der Waals surface area (Å²) in [5, 5.41) is 3.71. The Morgan fingerprint density at radius 2 is 1.95 bits per heavy atom. The van der Waals surface area contributed by atoms with Crippen molar-refractivity contribution in [2.75, 3.05) is 12.4 Å². The molecule has 1 N–H and O–H groups in total. The number of hydrogen-bond acceptors (Lipinski definition) is 2. The Hall–Kier alpha value is -0.700. The van der Waals surface area contributed by atoms with Crippen molar-refractivity contribution in [1.82, 2.24) is 0 Å². The molecule has 0 bridgehead atoms. The topological polar surface area (TPSA) is 21.3 Å². The number of hydrogen-bond donors (Lipinski definition) is 1. The molecule has 20 heavy (non-hydrogen) atoms. The highest BCUT2D eigenvalue weighted by molar-refractivity contribution is 9.10. The predicted molar refractivity (Wildman–Crippen MR) is 89.7 cm³/mol. The number of benzene rings is 1. The van der Waals surface area contributed by atoms with E-state index in [-0.39, 0.29) is 0 Å². The Morgan fingerprint density at radius 3 is 2.55 bits per heavy atom. The van der Waals surface area contributed by atoms with E-state index in [1.807, 2.05) is 6.07 Å². The van der Waals surface area contributed by atoms with Crippen LogP contribution in [0.25, 0.3) is 0 Å². The minimum Gasteiger partial charge on any atom is -0.495 e. The molecule has 2 rings (SSSR count). The van der Waals surface area contributed by atoms with Crippen molar-refractivity contribution in [2.24, 2.45) is 5.92 Å². The van der Waals surface area contributed by atoms with E-state index in [0.29, 0.717) is 6.04 Å². The van der Waals surface area contributed by atoms with Gasteiger partial charge in [-0.2, -0.15) is 0 Å². The van der Waals surface area contributed by atoms with Crippen LogP contribution in [0.2, 0.25) is 0 Å². The number of methoxy groups -OCH3 is 1. The van der Waals surface area contributed by atoms with Crippen LogP contribution in [0.1, 0.15) is 51.0 Å². The SMILES string of the molecule is CCCC1CCC(Nc2c(C)cc(Br)cc2OC)CC1. The van der Waals surface area contributed by atoms with E-state index in [9.17, 15) is 0 Å². The second kappa shape index (κ2) is 7.35. The van der Waals surface area contributed by atoms with Gasteiger partial charge in [0.15, 0.2) is 0 Å². The Kier molecular flexibility index (Phi) is 5.76. The van der Waals surface area contributed by atoms with E-state index >= 15 is 0 Å². The molecule has 0 aliphatic heterocycles. The molecule has 2 nitrogen and oxygen atoms in total. The summed E-state index contributed by atoms with van der Waals surface area (Å²) in [6, 6.07) is 4.78. The summed E-state index contributed by atoms with van der Waals surface area (Å²) in [7, 11) is 1.74. The Balaban J connectivity index is 2.01. The monoisotopic (exact) mass is 339 g/mol. The van der Waals surface area contributed by atoms with Gasteiger partial charge in [-0.1, -0.05) is 35.7 Å². The van der Waals surface area contributed by atoms with E-state index < -0.39 is 0 Å². The third-order valence-corrected chi connectivity index (χ3v) is 4.83. The lowest BCUT2D eigenvalue weighted by Crippen LogP contribution is -2.26. The smallest absolute Gasteiger partial charge is 0.143 e. The van der Waals surface area contributed by atoms with Crippen molar-refractivity contribution in [3.63, 3.8) is 0 Å². The molecule has 0 atom stereocenters. The third-order valence-electron chi connectivity index (χ3n) is 4.38. The van der Waals surface area contributed by atoms with Gasteiger partial charge in [0.05, 0.1) is 12.8 Å². The molecule has 1 aliphatic carbocycles. The van der Waals surface area contributed by atoms with Crippen LogP contribution >= 0.6 is 15.9 Å². The zero-order chi connectivity index (χ0) is 14.5. The summed E-state index contributed by atoms with van der Waals surface area (Å²) in [5.41, 5.74) is 2.40. The summed E-state index contributed by atoms with van der Waals surface area (Å²) < 4.78 is 6.59. The molecule has 0 spiro atoms. The van der Waals surface area contributed by atoms with Gasteiger partial charge in [-0.05, 0) is 56.2 Å². The Bertz CT molecular complexity index is 439. The zero-order valence-electron chi connectivity index (χ0n) is 12.8. The maximum atomic E-state index is 5.52. The maximum absolute atomic E-state index is 5.52. The van der Waals surface area contributed by atoms with Crippen LogP contribution in [-0.2, 0) is 0 Å². The van der Waals surface area contributed by atoms with E-state index in [1.165, 1.54) is 44.1 Å². The van der Waals surface area contributed by atoms with Crippen LogP contribution in [0, 0.1) is 12.8 Å². The number of anilines is 1. The van der Waals surface area contributed by atoms with Gasteiger partial charge in [0.2, 0.25) is 0 Å². The number of ether oxygens (including phenoxy) is 1. The second-order valence-corrected chi connectivity index (χ2v) is 6.87. The maximum Gasteiger partial charge on any atom is 0.143 e. The summed E-state index contributed by atoms with van der Waals surface area (Å²) in [6.45, 7) is 4.43. The molecule has 0 aromatic heterocycles. The van der Waals surface area contributed by atoms with Gasteiger partial charge in [0.25, 0.3) is 0 Å². The first-order valence-electron chi connectivity index (χ1n) is 7.74. The molecule has 0 heterocycles. The third kappa shape index (κ3) is 3.91. The molecular formula is C17H26BrNO. The van der Waals surface area contributed by atoms with Crippen LogP contribution < -0.4 is 10.1 Å². The second-order valence-electron chi connectivity index (χ2n) is 5.95. The highest BCUT2D eigenvalue weighted by atomic mass is 79.9. The first-order chi connectivity index (χ1) is 9.63. The highest BCUT2D eigenvalue weighted by Crippen LogP contribution is 2.35. The zero-order valence-corrected chi connectivity index (χ0v) is 14.4. The van der Waals surface area contributed by atoms with Crippen LogP contribution in [0.15, 0.2) is 16.6 Å². The largest absolute Gasteiger partial charge is 0.495 e. The van der Waals surface area contributed by atoms with E-state index in [1.54, 1.807) is 7.11 Å². The predicted octanol–water partition coefficient (Wildman–Crippen LogP) is 5.54. The van der Waals surface area contributed by atoms with E-state index in [2.05, 4.69) is 41.2 Å². The standard InChI is InChI=1S/C17H26BrNO/c1-4-5-13-6-8-15(9-7-13)19-17-12(2)10-14(18)11-16(17)20-3/h10-11,13,15,19H,4-9H2,1-3H3. The lowest BCUT2D eigenvalue weighted by Gasteiger charge is -2.30. The molecule has 1 aromatic carbocycles. The minimum atomic E-state index is 0.594.